The zero-order valence-corrected chi connectivity index (χ0v) is 13.4. The number of fused-ring (bicyclic) bond motifs is 1. The first-order chi connectivity index (χ1) is 11.1. The van der Waals surface area contributed by atoms with Crippen LogP contribution >= 0.6 is 11.6 Å². The van der Waals surface area contributed by atoms with Crippen molar-refractivity contribution in [3.63, 3.8) is 0 Å². The number of benzene rings is 2. The van der Waals surface area contributed by atoms with Gasteiger partial charge >= 0.3 is 0 Å². The molecule has 0 aliphatic carbocycles. The van der Waals surface area contributed by atoms with Gasteiger partial charge in [-0.2, -0.15) is 0 Å². The highest BCUT2D eigenvalue weighted by atomic mass is 35.5. The Morgan fingerprint density at radius 1 is 1.26 bits per heavy atom. The minimum Gasteiger partial charge on any atom is -0.482 e. The van der Waals surface area contributed by atoms with E-state index in [2.05, 4.69) is 0 Å². The lowest BCUT2D eigenvalue weighted by Gasteiger charge is -2.30. The van der Waals surface area contributed by atoms with E-state index >= 15 is 0 Å². The maximum atomic E-state index is 12.3. The molecule has 23 heavy (non-hydrogen) atoms. The lowest BCUT2D eigenvalue weighted by atomic mass is 10.1. The molecular weight excluding hydrogens is 314 g/mol. The lowest BCUT2D eigenvalue weighted by Crippen LogP contribution is -2.38. The fraction of sp³-hybridized carbons (Fsp3) is 0.222. The van der Waals surface area contributed by atoms with Crippen LogP contribution in [0.25, 0.3) is 0 Å². The molecule has 2 aromatic rings. The molecular formula is C18H16ClNO3. The topological polar surface area (TPSA) is 46.6 Å². The molecule has 0 saturated heterocycles. The van der Waals surface area contributed by atoms with Crippen molar-refractivity contribution < 1.29 is 14.3 Å². The first-order valence-corrected chi connectivity index (χ1v) is 7.79. The number of carbonyl (C=O) groups is 2. The number of rotatable bonds is 4. The molecule has 1 amide bonds. The number of alkyl halides is 1. The molecule has 1 aliphatic heterocycles. The molecule has 0 bridgehead atoms. The van der Waals surface area contributed by atoms with E-state index in [4.69, 9.17) is 16.3 Å². The SMILES string of the molecule is CC(Cl)C(=O)c1ccc2c(c1)N(Cc1ccccc1)C(=O)CO2. The van der Waals surface area contributed by atoms with Gasteiger partial charge in [0, 0.05) is 5.56 Å². The summed E-state index contributed by atoms with van der Waals surface area (Å²) in [6.07, 6.45) is 0. The van der Waals surface area contributed by atoms with E-state index in [0.29, 0.717) is 23.5 Å². The molecule has 1 unspecified atom stereocenters. The van der Waals surface area contributed by atoms with Gasteiger partial charge < -0.3 is 9.64 Å². The molecule has 118 valence electrons. The fourth-order valence-corrected chi connectivity index (χ4v) is 2.65. The fourth-order valence-electron chi connectivity index (χ4n) is 2.52. The number of hydrogen-bond acceptors (Lipinski definition) is 3. The van der Waals surface area contributed by atoms with E-state index in [1.165, 1.54) is 0 Å². The number of halogens is 1. The first kappa shape index (κ1) is 15.6. The Morgan fingerprint density at radius 2 is 2.00 bits per heavy atom. The van der Waals surface area contributed by atoms with Gasteiger partial charge in [0.05, 0.1) is 17.6 Å². The van der Waals surface area contributed by atoms with Crippen LogP contribution in [-0.2, 0) is 11.3 Å². The highest BCUT2D eigenvalue weighted by molar-refractivity contribution is 6.33. The smallest absolute Gasteiger partial charge is 0.265 e. The van der Waals surface area contributed by atoms with Crippen LogP contribution in [0, 0.1) is 0 Å². The van der Waals surface area contributed by atoms with Gasteiger partial charge in [-0.05, 0) is 30.7 Å². The molecule has 3 rings (SSSR count). The number of nitrogens with zero attached hydrogens (tertiary/aromatic N) is 1. The molecule has 1 atom stereocenters. The van der Waals surface area contributed by atoms with Gasteiger partial charge in [0.1, 0.15) is 5.75 Å². The summed E-state index contributed by atoms with van der Waals surface area (Å²) in [6, 6.07) is 14.8. The Labute approximate surface area is 139 Å². The zero-order valence-electron chi connectivity index (χ0n) is 12.7. The summed E-state index contributed by atoms with van der Waals surface area (Å²) in [6.45, 7) is 2.07. The number of carbonyl (C=O) groups excluding carboxylic acids is 2. The van der Waals surface area contributed by atoms with Gasteiger partial charge in [0.25, 0.3) is 5.91 Å². The predicted molar refractivity (Wildman–Crippen MR) is 89.2 cm³/mol. The third-order valence-corrected chi connectivity index (χ3v) is 3.93. The summed E-state index contributed by atoms with van der Waals surface area (Å²) >= 11 is 5.88. The molecule has 0 N–H and O–H groups in total. The van der Waals surface area contributed by atoms with Gasteiger partial charge in [0.2, 0.25) is 0 Å². The van der Waals surface area contributed by atoms with Crippen molar-refractivity contribution in [1.29, 1.82) is 0 Å². The van der Waals surface area contributed by atoms with E-state index in [-0.39, 0.29) is 18.3 Å². The Kier molecular flexibility index (Phi) is 4.35. The second kappa shape index (κ2) is 6.42. The van der Waals surface area contributed by atoms with Crippen LogP contribution < -0.4 is 9.64 Å². The summed E-state index contributed by atoms with van der Waals surface area (Å²) in [5.41, 5.74) is 2.09. The minimum atomic E-state index is -0.615. The second-order valence-corrected chi connectivity index (χ2v) is 6.07. The monoisotopic (exact) mass is 329 g/mol. The van der Waals surface area contributed by atoms with Crippen LogP contribution in [0.5, 0.6) is 5.75 Å². The average molecular weight is 330 g/mol. The van der Waals surface area contributed by atoms with Crippen molar-refractivity contribution in [1.82, 2.24) is 0 Å². The van der Waals surface area contributed by atoms with Crippen molar-refractivity contribution in [3.05, 3.63) is 59.7 Å². The average Bonchev–Trinajstić information content (AvgIpc) is 2.57. The molecule has 1 aliphatic rings. The number of hydrogen-bond donors (Lipinski definition) is 0. The largest absolute Gasteiger partial charge is 0.482 e. The van der Waals surface area contributed by atoms with E-state index < -0.39 is 5.38 Å². The van der Waals surface area contributed by atoms with Crippen molar-refractivity contribution in [2.75, 3.05) is 11.5 Å². The zero-order chi connectivity index (χ0) is 16.4. The normalized spacial score (nSPS) is 14.9. The molecule has 0 aromatic heterocycles. The Balaban J connectivity index is 1.97. The van der Waals surface area contributed by atoms with E-state index in [0.717, 1.165) is 5.56 Å². The van der Waals surface area contributed by atoms with Gasteiger partial charge in [-0.15, -0.1) is 11.6 Å². The van der Waals surface area contributed by atoms with Crippen LogP contribution in [0.3, 0.4) is 0 Å². The highest BCUT2D eigenvalue weighted by Gasteiger charge is 2.27. The number of ketones is 1. The maximum absolute atomic E-state index is 12.3. The minimum absolute atomic E-state index is 0.000957. The molecule has 0 fully saturated rings. The van der Waals surface area contributed by atoms with Gasteiger partial charge in [0.15, 0.2) is 12.4 Å². The van der Waals surface area contributed by atoms with Crippen LogP contribution in [0.4, 0.5) is 5.69 Å². The third kappa shape index (κ3) is 3.22. The summed E-state index contributed by atoms with van der Waals surface area (Å²) in [7, 11) is 0. The molecule has 0 spiro atoms. The van der Waals surface area contributed by atoms with Gasteiger partial charge in [-0.1, -0.05) is 30.3 Å². The van der Waals surface area contributed by atoms with E-state index in [9.17, 15) is 9.59 Å². The number of amides is 1. The quantitative estimate of drug-likeness (QED) is 0.638. The van der Waals surface area contributed by atoms with Crippen molar-refractivity contribution >= 4 is 29.0 Å². The van der Waals surface area contributed by atoms with Gasteiger partial charge in [-0.3, -0.25) is 9.59 Å². The Hall–Kier alpha value is -2.33. The molecule has 4 nitrogen and oxygen atoms in total. The number of Topliss-reactive ketones (excluding diaryl/α,β-unsaturated/α-hetero) is 1. The van der Waals surface area contributed by atoms with Crippen molar-refractivity contribution in [3.8, 4) is 5.75 Å². The molecule has 0 radical (unpaired) electrons. The Bertz CT molecular complexity index is 743. The van der Waals surface area contributed by atoms with Crippen LogP contribution in [0.2, 0.25) is 0 Å². The third-order valence-electron chi connectivity index (χ3n) is 3.73. The van der Waals surface area contributed by atoms with Crippen LogP contribution in [0.15, 0.2) is 48.5 Å². The summed E-state index contributed by atoms with van der Waals surface area (Å²) in [5, 5.41) is -0.615. The van der Waals surface area contributed by atoms with Crippen molar-refractivity contribution in [2.24, 2.45) is 0 Å². The molecule has 5 heteroatoms. The predicted octanol–water partition coefficient (Wildman–Crippen LogP) is 3.42. The van der Waals surface area contributed by atoms with Crippen LogP contribution in [0.1, 0.15) is 22.8 Å². The van der Waals surface area contributed by atoms with E-state index in [1.54, 1.807) is 30.0 Å². The number of anilines is 1. The molecule has 0 saturated carbocycles. The molecule has 2 aromatic carbocycles. The summed E-state index contributed by atoms with van der Waals surface area (Å²) < 4.78 is 5.46. The maximum Gasteiger partial charge on any atom is 0.265 e. The van der Waals surface area contributed by atoms with E-state index in [1.807, 2.05) is 30.3 Å². The first-order valence-electron chi connectivity index (χ1n) is 7.35. The summed E-state index contributed by atoms with van der Waals surface area (Å²) in [5.74, 6) is 0.288. The summed E-state index contributed by atoms with van der Waals surface area (Å²) in [4.78, 5) is 26.0. The Morgan fingerprint density at radius 3 is 2.70 bits per heavy atom. The highest BCUT2D eigenvalue weighted by Crippen LogP contribution is 2.34. The second-order valence-electron chi connectivity index (χ2n) is 5.42. The van der Waals surface area contributed by atoms with Crippen LogP contribution in [-0.4, -0.2) is 23.7 Å². The standard InChI is InChI=1S/C18H16ClNO3/c1-12(19)18(22)14-7-8-16-15(9-14)20(17(21)11-23-16)10-13-5-3-2-4-6-13/h2-9,12H,10-11H2,1H3. The molecule has 1 heterocycles. The lowest BCUT2D eigenvalue weighted by molar-refractivity contribution is -0.121. The van der Waals surface area contributed by atoms with Gasteiger partial charge in [-0.25, -0.2) is 0 Å². The van der Waals surface area contributed by atoms with Crippen molar-refractivity contribution in [2.45, 2.75) is 18.8 Å². The number of ether oxygens (including phenoxy) is 1.